The largest absolute Gasteiger partial charge is 0.393 e. The summed E-state index contributed by atoms with van der Waals surface area (Å²) in [5, 5.41) is 10.3. The summed E-state index contributed by atoms with van der Waals surface area (Å²) in [5.74, 6) is 0.379. The molecule has 3 aliphatic rings. The lowest BCUT2D eigenvalue weighted by molar-refractivity contribution is -0.0677. The fraction of sp³-hybridized carbons (Fsp3) is 0.438. The maximum absolute atomic E-state index is 10.3. The summed E-state index contributed by atoms with van der Waals surface area (Å²) in [6.45, 7) is 0. The van der Waals surface area contributed by atoms with Crippen LogP contribution in [0.1, 0.15) is 30.9 Å². The van der Waals surface area contributed by atoms with E-state index in [0.29, 0.717) is 17.4 Å². The Morgan fingerprint density at radius 1 is 1.26 bits per heavy atom. The lowest BCUT2D eigenvalue weighted by Gasteiger charge is -2.46. The zero-order chi connectivity index (χ0) is 12.6. The van der Waals surface area contributed by atoms with Crippen LogP contribution in [0.25, 0.3) is 11.3 Å². The van der Waals surface area contributed by atoms with E-state index >= 15 is 0 Å². The number of aliphatic hydroxyl groups excluding tert-OH is 1. The van der Waals surface area contributed by atoms with E-state index in [2.05, 4.69) is 33.8 Å². The minimum absolute atomic E-state index is 0.145. The molecule has 2 aliphatic carbocycles. The summed E-state index contributed by atoms with van der Waals surface area (Å²) < 4.78 is 2.28. The van der Waals surface area contributed by atoms with Crippen LogP contribution < -0.4 is 0 Å². The highest BCUT2D eigenvalue weighted by molar-refractivity contribution is 5.69. The van der Waals surface area contributed by atoms with Crippen molar-refractivity contribution in [2.75, 3.05) is 0 Å². The molecule has 1 spiro atoms. The maximum atomic E-state index is 10.3. The third-order valence-corrected chi connectivity index (χ3v) is 5.49. The highest BCUT2D eigenvalue weighted by Gasteiger charge is 2.64. The number of aliphatic hydroxyl groups is 1. The summed E-state index contributed by atoms with van der Waals surface area (Å²) in [4.78, 5) is 4.31. The second kappa shape index (κ2) is 3.10. The van der Waals surface area contributed by atoms with Gasteiger partial charge in [-0.2, -0.15) is 0 Å². The second-order valence-corrected chi connectivity index (χ2v) is 6.38. The Bertz CT molecular complexity index is 671. The average molecular weight is 252 g/mol. The quantitative estimate of drug-likeness (QED) is 0.847. The Labute approximate surface area is 111 Å². The van der Waals surface area contributed by atoms with E-state index in [4.69, 9.17) is 0 Å². The number of benzene rings is 1. The van der Waals surface area contributed by atoms with Gasteiger partial charge >= 0.3 is 0 Å². The minimum Gasteiger partial charge on any atom is -0.393 e. The highest BCUT2D eigenvalue weighted by Crippen LogP contribution is 2.69. The zero-order valence-corrected chi connectivity index (χ0v) is 10.7. The Hall–Kier alpha value is -1.61. The highest BCUT2D eigenvalue weighted by atomic mass is 16.3. The lowest BCUT2D eigenvalue weighted by atomic mass is 9.63. The third kappa shape index (κ3) is 1.11. The summed E-state index contributed by atoms with van der Waals surface area (Å²) in [6.07, 6.45) is 7.31. The van der Waals surface area contributed by atoms with Crippen LogP contribution in [-0.2, 0) is 0 Å². The van der Waals surface area contributed by atoms with Gasteiger partial charge in [-0.3, -0.25) is 0 Å². The van der Waals surface area contributed by atoms with Gasteiger partial charge in [0.15, 0.2) is 0 Å². The molecule has 2 fully saturated rings. The molecule has 5 rings (SSSR count). The van der Waals surface area contributed by atoms with Gasteiger partial charge in [-0.05, 0) is 30.2 Å². The van der Waals surface area contributed by atoms with E-state index in [9.17, 15) is 5.11 Å². The first-order valence-electron chi connectivity index (χ1n) is 7.09. The van der Waals surface area contributed by atoms with Crippen molar-refractivity contribution in [1.29, 1.82) is 0 Å². The van der Waals surface area contributed by atoms with Crippen LogP contribution >= 0.6 is 0 Å². The van der Waals surface area contributed by atoms with Crippen LogP contribution in [0.15, 0.2) is 36.8 Å². The molecule has 0 saturated heterocycles. The normalized spacial score (nSPS) is 32.8. The van der Waals surface area contributed by atoms with Crippen molar-refractivity contribution in [3.05, 3.63) is 42.4 Å². The average Bonchev–Trinajstić information content (AvgIpc) is 2.97. The van der Waals surface area contributed by atoms with E-state index in [1.807, 2.05) is 12.5 Å². The van der Waals surface area contributed by atoms with Gasteiger partial charge in [-0.25, -0.2) is 4.98 Å². The van der Waals surface area contributed by atoms with Gasteiger partial charge in [0, 0.05) is 11.5 Å². The number of hydrogen-bond donors (Lipinski definition) is 1. The summed E-state index contributed by atoms with van der Waals surface area (Å²) in [7, 11) is 0. The van der Waals surface area contributed by atoms with Gasteiger partial charge in [0.25, 0.3) is 0 Å². The Morgan fingerprint density at radius 2 is 2.11 bits per heavy atom. The van der Waals surface area contributed by atoms with Crippen LogP contribution in [0.2, 0.25) is 0 Å². The first-order valence-corrected chi connectivity index (χ1v) is 7.09. The molecule has 0 bridgehead atoms. The van der Waals surface area contributed by atoms with Crippen LogP contribution in [0.4, 0.5) is 0 Å². The summed E-state index contributed by atoms with van der Waals surface area (Å²) in [5.41, 5.74) is 4.30. The smallest absolute Gasteiger partial charge is 0.0956 e. The molecule has 3 atom stereocenters. The molecule has 3 nitrogen and oxygen atoms in total. The number of fused-ring (bicyclic) bond motifs is 3. The van der Waals surface area contributed by atoms with Crippen molar-refractivity contribution in [3.63, 3.8) is 0 Å². The molecule has 2 aromatic rings. The number of nitrogens with zero attached hydrogens (tertiary/aromatic N) is 2. The van der Waals surface area contributed by atoms with E-state index in [0.717, 1.165) is 6.42 Å². The molecule has 0 radical (unpaired) electrons. The first-order chi connectivity index (χ1) is 9.30. The number of rotatable bonds is 1. The van der Waals surface area contributed by atoms with Crippen LogP contribution in [0, 0.1) is 11.3 Å². The SMILES string of the molecule is O[C@@H]1CC2(CC2)[C@H]1C1c2ccccc2-c2cncn21. The number of aromatic nitrogens is 2. The Balaban J connectivity index is 1.71. The zero-order valence-electron chi connectivity index (χ0n) is 10.7. The molecule has 0 amide bonds. The Kier molecular flexibility index (Phi) is 1.67. The number of hydrogen-bond acceptors (Lipinski definition) is 2. The molecule has 96 valence electrons. The van der Waals surface area contributed by atoms with Crippen molar-refractivity contribution in [1.82, 2.24) is 9.55 Å². The van der Waals surface area contributed by atoms with Gasteiger partial charge in [0.2, 0.25) is 0 Å². The standard InChI is InChI=1S/C16H16N2O/c19-13-7-16(5-6-16)14(13)15-11-4-2-1-3-10(11)12-8-17-9-18(12)15/h1-4,8-9,13-15,19H,5-7H2/t13-,14-,15?/m1/s1. The molecule has 2 heterocycles. The second-order valence-electron chi connectivity index (χ2n) is 6.38. The molecule has 1 N–H and O–H groups in total. The van der Waals surface area contributed by atoms with Crippen LogP contribution in [-0.4, -0.2) is 20.8 Å². The molecule has 1 aliphatic heterocycles. The molecule has 1 aromatic heterocycles. The van der Waals surface area contributed by atoms with Crippen molar-refractivity contribution in [3.8, 4) is 11.3 Å². The van der Waals surface area contributed by atoms with Gasteiger partial charge < -0.3 is 9.67 Å². The molecular formula is C16H16N2O. The maximum Gasteiger partial charge on any atom is 0.0956 e. The topological polar surface area (TPSA) is 38.1 Å². The van der Waals surface area contributed by atoms with Crippen molar-refractivity contribution >= 4 is 0 Å². The molecule has 3 heteroatoms. The van der Waals surface area contributed by atoms with E-state index < -0.39 is 0 Å². The fourth-order valence-corrected chi connectivity index (χ4v) is 4.41. The van der Waals surface area contributed by atoms with E-state index in [-0.39, 0.29) is 6.10 Å². The fourth-order valence-electron chi connectivity index (χ4n) is 4.41. The van der Waals surface area contributed by atoms with Crippen LogP contribution in [0.3, 0.4) is 0 Å². The molecular weight excluding hydrogens is 236 g/mol. The van der Waals surface area contributed by atoms with E-state index in [1.165, 1.54) is 29.7 Å². The van der Waals surface area contributed by atoms with Crippen molar-refractivity contribution in [2.24, 2.45) is 11.3 Å². The summed E-state index contributed by atoms with van der Waals surface area (Å²) in [6, 6.07) is 8.88. The lowest BCUT2D eigenvalue weighted by Crippen LogP contribution is -2.47. The van der Waals surface area contributed by atoms with Gasteiger partial charge in [-0.15, -0.1) is 0 Å². The monoisotopic (exact) mass is 252 g/mol. The van der Waals surface area contributed by atoms with Gasteiger partial charge in [-0.1, -0.05) is 24.3 Å². The van der Waals surface area contributed by atoms with Crippen LogP contribution in [0.5, 0.6) is 0 Å². The summed E-state index contributed by atoms with van der Waals surface area (Å²) >= 11 is 0. The van der Waals surface area contributed by atoms with Gasteiger partial charge in [0.1, 0.15) is 0 Å². The van der Waals surface area contributed by atoms with Gasteiger partial charge in [0.05, 0.1) is 30.4 Å². The molecule has 1 aromatic carbocycles. The molecule has 2 saturated carbocycles. The first kappa shape index (κ1) is 10.2. The predicted octanol–water partition coefficient (Wildman–Crippen LogP) is 2.61. The van der Waals surface area contributed by atoms with E-state index in [1.54, 1.807) is 0 Å². The third-order valence-electron chi connectivity index (χ3n) is 5.49. The van der Waals surface area contributed by atoms with Crippen molar-refractivity contribution in [2.45, 2.75) is 31.4 Å². The number of imidazole rings is 1. The van der Waals surface area contributed by atoms with Crippen molar-refractivity contribution < 1.29 is 5.11 Å². The predicted molar refractivity (Wildman–Crippen MR) is 71.6 cm³/mol. The molecule has 19 heavy (non-hydrogen) atoms. The minimum atomic E-state index is -0.145. The molecule has 1 unspecified atom stereocenters. The Morgan fingerprint density at radius 3 is 2.89 bits per heavy atom.